The molecule has 0 saturated carbocycles. The van der Waals surface area contributed by atoms with Crippen LogP contribution < -0.4 is 0 Å². The Morgan fingerprint density at radius 2 is 1.43 bits per heavy atom. The third-order valence-corrected chi connectivity index (χ3v) is 5.78. The van der Waals surface area contributed by atoms with E-state index >= 15 is 0 Å². The SMILES string of the molecule is CCCCCCCC/C=C/CCCCCCCC1=[N+](CCO)CCN1CC.[CH3-]. The summed E-state index contributed by atoms with van der Waals surface area (Å²) in [6.07, 6.45) is 23.7. The topological polar surface area (TPSA) is 26.5 Å². The number of likely N-dealkylation sites (N-methyl/N-ethyl adjacent to an activating group) is 1. The molecule has 1 aliphatic heterocycles. The second-order valence-corrected chi connectivity index (χ2v) is 8.04. The highest BCUT2D eigenvalue weighted by Crippen LogP contribution is 2.13. The molecule has 1 rings (SSSR count). The van der Waals surface area contributed by atoms with E-state index in [4.69, 9.17) is 0 Å². The van der Waals surface area contributed by atoms with E-state index < -0.39 is 0 Å². The molecule has 0 radical (unpaired) electrons. The Morgan fingerprint density at radius 1 is 0.857 bits per heavy atom. The summed E-state index contributed by atoms with van der Waals surface area (Å²) >= 11 is 0. The van der Waals surface area contributed by atoms with Crippen molar-refractivity contribution in [2.24, 2.45) is 0 Å². The molecule has 0 aliphatic carbocycles. The Hall–Kier alpha value is -0.830. The van der Waals surface area contributed by atoms with Crippen LogP contribution in [0.1, 0.15) is 104 Å². The van der Waals surface area contributed by atoms with E-state index in [0.29, 0.717) is 0 Å². The summed E-state index contributed by atoms with van der Waals surface area (Å²) in [5.41, 5.74) is 0. The molecule has 0 bridgehead atoms. The minimum atomic E-state index is 0. The van der Waals surface area contributed by atoms with Gasteiger partial charge in [-0.05, 0) is 39.0 Å². The van der Waals surface area contributed by atoms with Gasteiger partial charge < -0.3 is 12.5 Å². The fourth-order valence-electron chi connectivity index (χ4n) is 4.07. The number of hydrogen-bond donors (Lipinski definition) is 1. The van der Waals surface area contributed by atoms with Crippen LogP contribution >= 0.6 is 0 Å². The summed E-state index contributed by atoms with van der Waals surface area (Å²) in [5.74, 6) is 1.48. The zero-order valence-electron chi connectivity index (χ0n) is 19.4. The fourth-order valence-corrected chi connectivity index (χ4v) is 4.07. The van der Waals surface area contributed by atoms with Crippen molar-refractivity contribution in [1.29, 1.82) is 0 Å². The maximum absolute atomic E-state index is 9.23. The van der Waals surface area contributed by atoms with Gasteiger partial charge in [0.25, 0.3) is 0 Å². The molecule has 0 aromatic rings. The Bertz CT molecular complexity index is 403. The minimum absolute atomic E-state index is 0. The summed E-state index contributed by atoms with van der Waals surface area (Å²) in [4.78, 5) is 2.49. The van der Waals surface area contributed by atoms with E-state index in [1.54, 1.807) is 0 Å². The predicted molar refractivity (Wildman–Crippen MR) is 125 cm³/mol. The van der Waals surface area contributed by atoms with Gasteiger partial charge in [0.1, 0.15) is 19.6 Å². The minimum Gasteiger partial charge on any atom is -0.392 e. The Morgan fingerprint density at radius 3 is 2.00 bits per heavy atom. The summed E-state index contributed by atoms with van der Waals surface area (Å²) in [5, 5.41) is 9.23. The highest BCUT2D eigenvalue weighted by molar-refractivity contribution is 5.78. The number of aliphatic hydroxyl groups is 1. The number of amidine groups is 1. The van der Waals surface area contributed by atoms with Crippen LogP contribution in [0.5, 0.6) is 0 Å². The lowest BCUT2D eigenvalue weighted by atomic mass is 10.1. The summed E-state index contributed by atoms with van der Waals surface area (Å²) in [6, 6.07) is 0. The van der Waals surface area contributed by atoms with Crippen LogP contribution in [-0.4, -0.2) is 53.2 Å². The van der Waals surface area contributed by atoms with Crippen LogP contribution in [0, 0.1) is 7.43 Å². The highest BCUT2D eigenvalue weighted by Gasteiger charge is 2.27. The molecule has 0 fully saturated rings. The Balaban J connectivity index is 0.00000729. The van der Waals surface area contributed by atoms with Gasteiger partial charge >= 0.3 is 0 Å². The lowest BCUT2D eigenvalue weighted by molar-refractivity contribution is -0.521. The number of hydrogen-bond acceptors (Lipinski definition) is 2. The van der Waals surface area contributed by atoms with Gasteiger partial charge in [-0.3, -0.25) is 9.48 Å². The van der Waals surface area contributed by atoms with Crippen molar-refractivity contribution in [2.75, 3.05) is 32.8 Å². The monoisotopic (exact) mass is 394 g/mol. The average Bonchev–Trinajstić information content (AvgIpc) is 3.07. The van der Waals surface area contributed by atoms with Crippen molar-refractivity contribution in [1.82, 2.24) is 4.90 Å². The van der Waals surface area contributed by atoms with E-state index in [0.717, 1.165) is 26.2 Å². The predicted octanol–water partition coefficient (Wildman–Crippen LogP) is 6.21. The van der Waals surface area contributed by atoms with Crippen LogP contribution in [0.4, 0.5) is 0 Å². The van der Waals surface area contributed by atoms with Gasteiger partial charge in [-0.15, -0.1) is 0 Å². The van der Waals surface area contributed by atoms with E-state index in [2.05, 4.69) is 35.5 Å². The first-order chi connectivity index (χ1) is 13.3. The summed E-state index contributed by atoms with van der Waals surface area (Å²) in [7, 11) is 0. The lowest BCUT2D eigenvalue weighted by Crippen LogP contribution is -2.30. The van der Waals surface area contributed by atoms with Gasteiger partial charge in [-0.2, -0.15) is 0 Å². The normalized spacial score (nSPS) is 14.3. The maximum atomic E-state index is 9.23. The number of rotatable bonds is 18. The van der Waals surface area contributed by atoms with Crippen molar-refractivity contribution in [3.05, 3.63) is 19.6 Å². The van der Waals surface area contributed by atoms with E-state index in [1.807, 2.05) is 0 Å². The molecule has 1 heterocycles. The molecule has 3 heteroatoms. The number of nitrogens with zero attached hydrogens (tertiary/aromatic N) is 2. The van der Waals surface area contributed by atoms with Crippen molar-refractivity contribution in [2.45, 2.75) is 104 Å². The first kappa shape index (κ1) is 27.2. The number of β-amino-alcohol motifs (C(OH)–C–C–N with tert-alkyl or cyclic N) is 1. The molecule has 166 valence electrons. The molecular weight excluding hydrogens is 344 g/mol. The molecule has 0 spiro atoms. The molecule has 1 aliphatic rings. The molecule has 28 heavy (non-hydrogen) atoms. The molecular formula is C25H50N2O. The molecule has 3 nitrogen and oxygen atoms in total. The van der Waals surface area contributed by atoms with Crippen LogP contribution in [0.2, 0.25) is 0 Å². The number of aliphatic hydroxyl groups excluding tert-OH is 1. The quantitative estimate of drug-likeness (QED) is 0.129. The van der Waals surface area contributed by atoms with Gasteiger partial charge in [0.2, 0.25) is 5.84 Å². The van der Waals surface area contributed by atoms with Crippen molar-refractivity contribution in [3.8, 4) is 0 Å². The number of unbranched alkanes of at least 4 members (excludes halogenated alkanes) is 11. The molecule has 0 amide bonds. The summed E-state index contributed by atoms with van der Waals surface area (Å²) in [6.45, 7) is 8.92. The van der Waals surface area contributed by atoms with Crippen LogP contribution in [0.15, 0.2) is 12.2 Å². The van der Waals surface area contributed by atoms with Gasteiger partial charge in [0.05, 0.1) is 13.2 Å². The first-order valence-corrected chi connectivity index (χ1v) is 11.9. The molecule has 0 atom stereocenters. The first-order valence-electron chi connectivity index (χ1n) is 11.9. The zero-order chi connectivity index (χ0) is 19.6. The molecule has 0 unspecified atom stereocenters. The standard InChI is InChI=1S/C24H47N2O.CH3/c1-3-5-6-7-8-9-10-11-12-13-14-15-16-17-18-19-24-25(4-2)20-21-26(24)22-23-27;/h11-12,27H,3-10,13-23H2,1-2H3;1H3/q+1;-1/b12-11+;. The Kier molecular flexibility index (Phi) is 18.9. The third kappa shape index (κ3) is 12.6. The van der Waals surface area contributed by atoms with Crippen LogP contribution in [-0.2, 0) is 0 Å². The molecule has 0 aromatic heterocycles. The zero-order valence-corrected chi connectivity index (χ0v) is 19.4. The largest absolute Gasteiger partial charge is 0.392 e. The maximum Gasteiger partial charge on any atom is 0.247 e. The third-order valence-electron chi connectivity index (χ3n) is 5.78. The van der Waals surface area contributed by atoms with E-state index in [1.165, 1.54) is 95.7 Å². The van der Waals surface area contributed by atoms with E-state index in [9.17, 15) is 5.11 Å². The second kappa shape index (κ2) is 19.5. The average molecular weight is 395 g/mol. The fraction of sp³-hybridized carbons (Fsp3) is 0.840. The van der Waals surface area contributed by atoms with Gasteiger partial charge in [0.15, 0.2) is 0 Å². The van der Waals surface area contributed by atoms with Crippen molar-refractivity contribution in [3.63, 3.8) is 0 Å². The Labute approximate surface area is 176 Å². The molecule has 0 aromatic carbocycles. The van der Waals surface area contributed by atoms with Crippen molar-refractivity contribution < 1.29 is 9.68 Å². The van der Waals surface area contributed by atoms with Gasteiger partial charge in [-0.25, -0.2) is 0 Å². The smallest absolute Gasteiger partial charge is 0.247 e. The van der Waals surface area contributed by atoms with Crippen LogP contribution in [0.3, 0.4) is 0 Å². The van der Waals surface area contributed by atoms with Gasteiger partial charge in [-0.1, -0.05) is 70.4 Å². The van der Waals surface area contributed by atoms with Crippen LogP contribution in [0.25, 0.3) is 0 Å². The highest BCUT2D eigenvalue weighted by atomic mass is 16.3. The number of allylic oxidation sites excluding steroid dienone is 2. The second-order valence-electron chi connectivity index (χ2n) is 8.04. The molecule has 0 saturated heterocycles. The van der Waals surface area contributed by atoms with Crippen molar-refractivity contribution >= 4 is 5.84 Å². The summed E-state index contributed by atoms with van der Waals surface area (Å²) < 4.78 is 2.39. The van der Waals surface area contributed by atoms with Gasteiger partial charge in [0, 0.05) is 6.42 Å². The lowest BCUT2D eigenvalue weighted by Gasteiger charge is -2.11. The van der Waals surface area contributed by atoms with E-state index in [-0.39, 0.29) is 14.0 Å². The molecule has 1 N–H and O–H groups in total.